The molecule has 7 nitrogen and oxygen atoms in total. The Bertz CT molecular complexity index is 878. The van der Waals surface area contributed by atoms with Crippen molar-refractivity contribution >= 4 is 5.96 Å². The highest BCUT2D eigenvalue weighted by Gasteiger charge is 2.20. The van der Waals surface area contributed by atoms with Crippen LogP contribution in [0.3, 0.4) is 0 Å². The number of nitrogens with one attached hydrogen (secondary N) is 2. The third-order valence-electron chi connectivity index (χ3n) is 4.42. The second kappa shape index (κ2) is 10.1. The fourth-order valence-corrected chi connectivity index (χ4v) is 2.91. The molecule has 0 aliphatic carbocycles. The van der Waals surface area contributed by atoms with Gasteiger partial charge in [0.2, 0.25) is 6.79 Å². The van der Waals surface area contributed by atoms with Crippen molar-refractivity contribution in [1.29, 1.82) is 0 Å². The standard InChI is InChI=1S/C20H22F3N3O4/c1-24-20(26-10-18(27-2)12-3-5-14(21)6-4-12)25-9-13-7-16-17(29-11-28-16)8-15(13)30-19(22)23/h3-8,18-19H,9-11H2,1-2H3,(H2,24,25,26). The number of alkyl halides is 2. The van der Waals surface area contributed by atoms with E-state index in [0.29, 0.717) is 29.6 Å². The van der Waals surface area contributed by atoms with E-state index in [1.165, 1.54) is 18.2 Å². The van der Waals surface area contributed by atoms with Gasteiger partial charge in [0, 0.05) is 38.9 Å². The largest absolute Gasteiger partial charge is 0.454 e. The Kier molecular flexibility index (Phi) is 7.23. The fourth-order valence-electron chi connectivity index (χ4n) is 2.91. The molecule has 1 aliphatic rings. The zero-order chi connectivity index (χ0) is 21.5. The van der Waals surface area contributed by atoms with E-state index < -0.39 is 6.61 Å². The molecule has 30 heavy (non-hydrogen) atoms. The molecule has 0 saturated heterocycles. The molecule has 0 amide bonds. The Morgan fingerprint density at radius 3 is 2.47 bits per heavy atom. The average molecular weight is 425 g/mol. The molecule has 0 saturated carbocycles. The van der Waals surface area contributed by atoms with Crippen molar-refractivity contribution in [3.8, 4) is 17.2 Å². The number of hydrogen-bond donors (Lipinski definition) is 2. The lowest BCUT2D eigenvalue weighted by Gasteiger charge is -2.19. The molecule has 0 bridgehead atoms. The zero-order valence-electron chi connectivity index (χ0n) is 16.5. The maximum Gasteiger partial charge on any atom is 0.387 e. The summed E-state index contributed by atoms with van der Waals surface area (Å²) in [5.74, 6) is 0.869. The van der Waals surface area contributed by atoms with E-state index in [9.17, 15) is 13.2 Å². The van der Waals surface area contributed by atoms with Crippen molar-refractivity contribution < 1.29 is 32.1 Å². The lowest BCUT2D eigenvalue weighted by atomic mass is 10.1. The Labute approximate surface area is 171 Å². The van der Waals surface area contributed by atoms with Gasteiger partial charge in [-0.2, -0.15) is 8.78 Å². The number of aliphatic imine (C=N–C) groups is 1. The molecule has 1 atom stereocenters. The Balaban J connectivity index is 1.63. The summed E-state index contributed by atoms with van der Waals surface area (Å²) < 4.78 is 59.2. The van der Waals surface area contributed by atoms with Crippen molar-refractivity contribution in [2.75, 3.05) is 27.5 Å². The summed E-state index contributed by atoms with van der Waals surface area (Å²) in [5.41, 5.74) is 1.24. The second-order valence-electron chi connectivity index (χ2n) is 6.27. The van der Waals surface area contributed by atoms with E-state index in [2.05, 4.69) is 20.4 Å². The number of fused-ring (bicyclic) bond motifs is 1. The van der Waals surface area contributed by atoms with E-state index in [-0.39, 0.29) is 31.0 Å². The summed E-state index contributed by atoms with van der Waals surface area (Å²) in [6.07, 6.45) is -0.340. The van der Waals surface area contributed by atoms with Crippen molar-refractivity contribution in [3.05, 3.63) is 53.3 Å². The molecule has 2 aromatic rings. The van der Waals surface area contributed by atoms with Crippen molar-refractivity contribution in [2.45, 2.75) is 19.3 Å². The van der Waals surface area contributed by atoms with Gasteiger partial charge < -0.3 is 29.6 Å². The highest BCUT2D eigenvalue weighted by atomic mass is 19.3. The molecule has 2 N–H and O–H groups in total. The van der Waals surface area contributed by atoms with Crippen LogP contribution in [-0.2, 0) is 11.3 Å². The minimum absolute atomic E-state index is 0.0155. The third kappa shape index (κ3) is 5.47. The van der Waals surface area contributed by atoms with Gasteiger partial charge >= 0.3 is 6.61 Å². The van der Waals surface area contributed by atoms with Crippen LogP contribution in [0.5, 0.6) is 17.2 Å². The first-order valence-electron chi connectivity index (χ1n) is 9.10. The molecule has 0 radical (unpaired) electrons. The van der Waals surface area contributed by atoms with Crippen molar-refractivity contribution in [3.63, 3.8) is 0 Å². The molecule has 0 spiro atoms. The van der Waals surface area contributed by atoms with Crippen LogP contribution >= 0.6 is 0 Å². The maximum atomic E-state index is 13.1. The van der Waals surface area contributed by atoms with Gasteiger partial charge in [-0.1, -0.05) is 12.1 Å². The van der Waals surface area contributed by atoms with E-state index in [4.69, 9.17) is 14.2 Å². The van der Waals surface area contributed by atoms with Crippen LogP contribution in [0.25, 0.3) is 0 Å². The van der Waals surface area contributed by atoms with Gasteiger partial charge in [-0.05, 0) is 23.8 Å². The van der Waals surface area contributed by atoms with Crippen LogP contribution in [0.2, 0.25) is 0 Å². The number of hydrogen-bond acceptors (Lipinski definition) is 5. The molecule has 3 rings (SSSR count). The normalized spacial score (nSPS) is 14.0. The van der Waals surface area contributed by atoms with Gasteiger partial charge in [0.15, 0.2) is 17.5 Å². The molecule has 2 aromatic carbocycles. The van der Waals surface area contributed by atoms with E-state index in [1.807, 2.05) is 0 Å². The average Bonchev–Trinajstić information content (AvgIpc) is 3.18. The number of benzene rings is 2. The molecule has 0 aromatic heterocycles. The Hall–Kier alpha value is -3.14. The van der Waals surface area contributed by atoms with Crippen LogP contribution in [-0.4, -0.2) is 40.1 Å². The smallest absolute Gasteiger partial charge is 0.387 e. The van der Waals surface area contributed by atoms with Gasteiger partial charge in [-0.15, -0.1) is 0 Å². The number of rotatable bonds is 8. The van der Waals surface area contributed by atoms with Crippen LogP contribution in [0.15, 0.2) is 41.4 Å². The summed E-state index contributed by atoms with van der Waals surface area (Å²) in [7, 11) is 3.12. The van der Waals surface area contributed by atoms with Crippen LogP contribution < -0.4 is 24.8 Å². The predicted octanol–water partition coefficient (Wildman–Crippen LogP) is 3.21. The SMILES string of the molecule is CN=C(NCc1cc2c(cc1OC(F)F)OCO2)NCC(OC)c1ccc(F)cc1. The molecule has 1 aliphatic heterocycles. The van der Waals surface area contributed by atoms with Crippen LogP contribution in [0, 0.1) is 5.82 Å². The van der Waals surface area contributed by atoms with E-state index in [1.54, 1.807) is 32.4 Å². The van der Waals surface area contributed by atoms with Gasteiger partial charge in [0.05, 0.1) is 6.10 Å². The van der Waals surface area contributed by atoms with Crippen molar-refractivity contribution in [1.82, 2.24) is 10.6 Å². The number of guanidine groups is 1. The van der Waals surface area contributed by atoms with Gasteiger partial charge in [-0.3, -0.25) is 4.99 Å². The van der Waals surface area contributed by atoms with E-state index >= 15 is 0 Å². The number of halogens is 3. The predicted molar refractivity (Wildman–Crippen MR) is 104 cm³/mol. The highest BCUT2D eigenvalue weighted by molar-refractivity contribution is 5.79. The molecule has 1 heterocycles. The van der Waals surface area contributed by atoms with Gasteiger partial charge in [0.1, 0.15) is 11.6 Å². The molecule has 10 heteroatoms. The summed E-state index contributed by atoms with van der Waals surface area (Å²) in [6.45, 7) is -2.46. The molecule has 1 unspecified atom stereocenters. The second-order valence-corrected chi connectivity index (χ2v) is 6.27. The summed E-state index contributed by atoms with van der Waals surface area (Å²) in [4.78, 5) is 4.11. The number of nitrogens with zero attached hydrogens (tertiary/aromatic N) is 1. The quantitative estimate of drug-likeness (QED) is 0.500. The lowest BCUT2D eigenvalue weighted by Crippen LogP contribution is -2.39. The molecular formula is C20H22F3N3O4. The first-order valence-corrected chi connectivity index (χ1v) is 9.10. The lowest BCUT2D eigenvalue weighted by molar-refractivity contribution is -0.0505. The number of ether oxygens (including phenoxy) is 4. The van der Waals surface area contributed by atoms with Gasteiger partial charge in [-0.25, -0.2) is 4.39 Å². The first-order chi connectivity index (χ1) is 14.5. The highest BCUT2D eigenvalue weighted by Crippen LogP contribution is 2.38. The molecular weight excluding hydrogens is 403 g/mol. The Morgan fingerprint density at radius 2 is 1.83 bits per heavy atom. The third-order valence-corrected chi connectivity index (χ3v) is 4.42. The van der Waals surface area contributed by atoms with Crippen LogP contribution in [0.1, 0.15) is 17.2 Å². The van der Waals surface area contributed by atoms with Crippen molar-refractivity contribution in [2.24, 2.45) is 4.99 Å². The summed E-state index contributed by atoms with van der Waals surface area (Å²) in [6, 6.07) is 8.95. The number of methoxy groups -OCH3 is 1. The minimum atomic E-state index is -2.97. The topological polar surface area (TPSA) is 73.3 Å². The fraction of sp³-hybridized carbons (Fsp3) is 0.350. The molecule has 162 valence electrons. The zero-order valence-corrected chi connectivity index (χ0v) is 16.5. The first kappa shape index (κ1) is 21.6. The maximum absolute atomic E-state index is 13.1. The summed E-state index contributed by atoms with van der Waals surface area (Å²) in [5, 5.41) is 6.12. The van der Waals surface area contributed by atoms with Crippen LogP contribution in [0.4, 0.5) is 13.2 Å². The monoisotopic (exact) mass is 425 g/mol. The van der Waals surface area contributed by atoms with Gasteiger partial charge in [0.25, 0.3) is 0 Å². The minimum Gasteiger partial charge on any atom is -0.454 e. The van der Waals surface area contributed by atoms with E-state index in [0.717, 1.165) is 5.56 Å². The Morgan fingerprint density at radius 1 is 1.13 bits per heavy atom. The molecule has 0 fully saturated rings. The summed E-state index contributed by atoms with van der Waals surface area (Å²) >= 11 is 0.